The van der Waals surface area contributed by atoms with E-state index in [9.17, 15) is 17.7 Å². The second kappa shape index (κ2) is 13.2. The number of rotatable bonds is 14. The quantitative estimate of drug-likeness (QED) is 0.126. The maximum absolute atomic E-state index is 14.0. The molecule has 9 heteroatoms. The van der Waals surface area contributed by atoms with E-state index < -0.39 is 35.0 Å². The number of aliphatic imine (C=N–C) groups is 1. The molecule has 0 saturated heterocycles. The van der Waals surface area contributed by atoms with E-state index in [0.717, 1.165) is 31.7 Å². The number of unbranched alkanes of at least 4 members (excludes halogenated alkanes) is 4. The summed E-state index contributed by atoms with van der Waals surface area (Å²) < 4.78 is 73.2. The Morgan fingerprint density at radius 1 is 1.08 bits per heavy atom. The molecule has 1 aliphatic heterocycles. The number of halogens is 3. The normalized spacial score (nSPS) is 18.6. The first-order valence-electron chi connectivity index (χ1n) is 13.8. The molecule has 0 N–H and O–H groups in total. The molecule has 0 fully saturated rings. The average Bonchev–Trinajstić information content (AvgIpc) is 3.20. The van der Waals surface area contributed by atoms with Crippen molar-refractivity contribution in [3.63, 3.8) is 0 Å². The van der Waals surface area contributed by atoms with Crippen molar-refractivity contribution in [3.8, 4) is 5.75 Å². The van der Waals surface area contributed by atoms with Crippen molar-refractivity contribution in [2.75, 3.05) is 19.8 Å². The summed E-state index contributed by atoms with van der Waals surface area (Å²) >= 11 is 0. The van der Waals surface area contributed by atoms with Gasteiger partial charge in [-0.25, -0.2) is 4.99 Å². The molecule has 5 nitrogen and oxygen atoms in total. The Morgan fingerprint density at radius 2 is 1.72 bits per heavy atom. The van der Waals surface area contributed by atoms with Crippen LogP contribution in [0.25, 0.3) is 0 Å². The lowest BCUT2D eigenvalue weighted by molar-refractivity contribution is -0.139. The van der Waals surface area contributed by atoms with Crippen molar-refractivity contribution >= 4 is 13.3 Å². The monoisotopic (exact) mass is 573 g/mol. The molecule has 222 valence electrons. The van der Waals surface area contributed by atoms with Crippen molar-refractivity contribution in [1.82, 2.24) is 0 Å². The third-order valence-electron chi connectivity index (χ3n) is 7.01. The van der Waals surface area contributed by atoms with E-state index in [0.29, 0.717) is 30.7 Å². The summed E-state index contributed by atoms with van der Waals surface area (Å²) in [5, 5.41) is -1.18. The van der Waals surface area contributed by atoms with Crippen molar-refractivity contribution in [3.05, 3.63) is 42.0 Å². The standard InChI is InChI=1S/C30H47F3NO4P/c1-9-10-11-12-13-14-19-36-26-16-15-24(20-25(26)30(31,32)33)17-18-29(21-37-23(2)34-29)22-38-39(35,27(3,4)5)28(6,7)8/h9,15-16,20H,1,10-14,17-19,21-22H2,2-8H3. The van der Waals surface area contributed by atoms with E-state index in [2.05, 4.69) is 11.6 Å². The smallest absolute Gasteiger partial charge is 0.419 e. The zero-order chi connectivity index (χ0) is 29.5. The highest BCUT2D eigenvalue weighted by atomic mass is 31.2. The van der Waals surface area contributed by atoms with Gasteiger partial charge in [0.05, 0.1) is 18.8 Å². The first kappa shape index (κ1) is 33.4. The molecule has 0 spiro atoms. The van der Waals surface area contributed by atoms with Gasteiger partial charge in [0.15, 0.2) is 5.90 Å². The molecule has 0 radical (unpaired) electrons. The summed E-state index contributed by atoms with van der Waals surface area (Å²) in [4.78, 5) is 4.66. The van der Waals surface area contributed by atoms with Crippen LogP contribution < -0.4 is 4.74 Å². The van der Waals surface area contributed by atoms with E-state index >= 15 is 0 Å². The molecule has 0 aliphatic carbocycles. The van der Waals surface area contributed by atoms with Crippen molar-refractivity contribution < 1.29 is 31.7 Å². The van der Waals surface area contributed by atoms with Crippen LogP contribution in [0, 0.1) is 0 Å². The minimum atomic E-state index is -4.53. The third kappa shape index (κ3) is 9.11. The Bertz CT molecular complexity index is 1020. The van der Waals surface area contributed by atoms with E-state index in [1.807, 2.05) is 47.6 Å². The highest BCUT2D eigenvalue weighted by molar-refractivity contribution is 7.62. The largest absolute Gasteiger partial charge is 0.493 e. The van der Waals surface area contributed by atoms with Gasteiger partial charge in [-0.05, 0) is 49.8 Å². The molecule has 1 aromatic carbocycles. The molecule has 0 saturated carbocycles. The van der Waals surface area contributed by atoms with Crippen LogP contribution >= 0.6 is 7.37 Å². The van der Waals surface area contributed by atoms with Crippen LogP contribution in [-0.4, -0.2) is 41.6 Å². The fourth-order valence-corrected chi connectivity index (χ4v) is 8.11. The molecule has 1 unspecified atom stereocenters. The molecule has 39 heavy (non-hydrogen) atoms. The highest BCUT2D eigenvalue weighted by Gasteiger charge is 2.50. The zero-order valence-corrected chi connectivity index (χ0v) is 25.6. The van der Waals surface area contributed by atoms with E-state index in [4.69, 9.17) is 14.0 Å². The average molecular weight is 574 g/mol. The van der Waals surface area contributed by atoms with Crippen LogP contribution in [0.5, 0.6) is 5.75 Å². The summed E-state index contributed by atoms with van der Waals surface area (Å²) in [6.07, 6.45) is 2.61. The SMILES string of the molecule is C=CCCCCCCOc1ccc(CCC2(COP(=O)(C(C)(C)C)C(C)(C)C)COC(C)=N2)cc1C(F)(F)F. The lowest BCUT2D eigenvalue weighted by Crippen LogP contribution is -2.38. The zero-order valence-electron chi connectivity index (χ0n) is 24.7. The van der Waals surface area contributed by atoms with Crippen molar-refractivity contribution in [1.29, 1.82) is 0 Å². The Hall–Kier alpha value is -1.79. The lowest BCUT2D eigenvalue weighted by Gasteiger charge is -2.41. The van der Waals surface area contributed by atoms with Gasteiger partial charge in [0, 0.05) is 17.2 Å². The Morgan fingerprint density at radius 3 is 2.26 bits per heavy atom. The molecular formula is C30H47F3NO4P. The summed E-state index contributed by atoms with van der Waals surface area (Å²) in [5.74, 6) is 0.342. The minimum absolute atomic E-state index is 0.0658. The molecule has 1 heterocycles. The fraction of sp³-hybridized carbons (Fsp3) is 0.700. The number of hydrogen-bond donors (Lipinski definition) is 0. The van der Waals surface area contributed by atoms with Crippen molar-refractivity contribution in [2.45, 2.75) is 115 Å². The molecular weight excluding hydrogens is 526 g/mol. The van der Waals surface area contributed by atoms with Gasteiger partial charge in [0.25, 0.3) is 0 Å². The Labute approximate surface area is 233 Å². The van der Waals surface area contributed by atoms with E-state index in [1.54, 1.807) is 13.0 Å². The number of benzene rings is 1. The second-order valence-electron chi connectivity index (χ2n) is 12.5. The van der Waals surface area contributed by atoms with Gasteiger partial charge in [-0.15, -0.1) is 6.58 Å². The molecule has 2 rings (SSSR count). The number of aryl methyl sites for hydroxylation is 1. The summed E-state index contributed by atoms with van der Waals surface area (Å²) in [5.41, 5.74) is -1.08. The Kier molecular flexibility index (Phi) is 11.4. The number of ether oxygens (including phenoxy) is 2. The molecule has 1 atom stereocenters. The predicted molar refractivity (Wildman–Crippen MR) is 153 cm³/mol. The van der Waals surface area contributed by atoms with Crippen LogP contribution in [0.3, 0.4) is 0 Å². The van der Waals surface area contributed by atoms with Crippen molar-refractivity contribution in [2.24, 2.45) is 4.99 Å². The number of hydrogen-bond acceptors (Lipinski definition) is 5. The van der Waals surface area contributed by atoms with Gasteiger partial charge in [0.2, 0.25) is 7.37 Å². The number of alkyl halides is 3. The molecule has 0 aromatic heterocycles. The van der Waals surface area contributed by atoms with Gasteiger partial charge < -0.3 is 14.0 Å². The predicted octanol–water partition coefficient (Wildman–Crippen LogP) is 9.23. The van der Waals surface area contributed by atoms with Crippen LogP contribution in [0.2, 0.25) is 0 Å². The van der Waals surface area contributed by atoms with Crippen LogP contribution in [-0.2, 0) is 26.4 Å². The molecule has 1 aliphatic rings. The van der Waals surface area contributed by atoms with Crippen LogP contribution in [0.1, 0.15) is 98.1 Å². The third-order valence-corrected chi connectivity index (χ3v) is 11.0. The maximum Gasteiger partial charge on any atom is 0.419 e. The number of allylic oxidation sites excluding steroid dienone is 1. The minimum Gasteiger partial charge on any atom is -0.493 e. The second-order valence-corrected chi connectivity index (χ2v) is 16.5. The van der Waals surface area contributed by atoms with Crippen LogP contribution in [0.15, 0.2) is 35.8 Å². The highest BCUT2D eigenvalue weighted by Crippen LogP contribution is 2.67. The first-order valence-corrected chi connectivity index (χ1v) is 15.4. The summed E-state index contributed by atoms with van der Waals surface area (Å²) in [6.45, 7) is 17.4. The molecule has 1 aromatic rings. The maximum atomic E-state index is 14.0. The van der Waals surface area contributed by atoms with E-state index in [-0.39, 0.29) is 25.6 Å². The van der Waals surface area contributed by atoms with Gasteiger partial charge in [-0.2, -0.15) is 13.2 Å². The number of nitrogens with zero attached hydrogens (tertiary/aromatic N) is 1. The summed E-state index contributed by atoms with van der Waals surface area (Å²) in [6, 6.07) is 4.24. The fourth-order valence-electron chi connectivity index (χ4n) is 4.90. The van der Waals surface area contributed by atoms with Gasteiger partial charge in [-0.3, -0.25) is 4.57 Å². The first-order chi connectivity index (χ1) is 17.9. The van der Waals surface area contributed by atoms with E-state index in [1.165, 1.54) is 6.07 Å². The van der Waals surface area contributed by atoms with Gasteiger partial charge in [0.1, 0.15) is 17.9 Å². The Balaban J connectivity index is 2.15. The van der Waals surface area contributed by atoms with Crippen LogP contribution in [0.4, 0.5) is 13.2 Å². The van der Waals surface area contributed by atoms with Gasteiger partial charge in [-0.1, -0.05) is 66.5 Å². The summed E-state index contributed by atoms with van der Waals surface area (Å²) in [7, 11) is -3.15. The molecule has 0 amide bonds. The lowest BCUT2D eigenvalue weighted by atomic mass is 9.93. The molecule has 0 bridgehead atoms. The topological polar surface area (TPSA) is 57.1 Å². The van der Waals surface area contributed by atoms with Gasteiger partial charge >= 0.3 is 6.18 Å².